The third-order valence-corrected chi connectivity index (χ3v) is 5.84. The second kappa shape index (κ2) is 8.50. The minimum atomic E-state index is -1.23. The third kappa shape index (κ3) is 3.62. The van der Waals surface area contributed by atoms with Crippen molar-refractivity contribution in [3.05, 3.63) is 72.1 Å². The summed E-state index contributed by atoms with van der Waals surface area (Å²) >= 11 is 6.09. The summed E-state index contributed by atoms with van der Waals surface area (Å²) in [6.45, 7) is -0.409. The molecule has 0 unspecified atom stereocenters. The molecule has 1 aliphatic heterocycles. The fourth-order valence-corrected chi connectivity index (χ4v) is 4.12. The molecule has 0 spiro atoms. The van der Waals surface area contributed by atoms with Crippen molar-refractivity contribution in [3.8, 4) is 11.1 Å². The highest BCUT2D eigenvalue weighted by molar-refractivity contribution is 6.30. The minimum Gasteiger partial charge on any atom is -0.394 e. The van der Waals surface area contributed by atoms with Gasteiger partial charge in [-0.05, 0) is 29.8 Å². The van der Waals surface area contributed by atoms with Gasteiger partial charge in [-0.25, -0.2) is 9.97 Å². The van der Waals surface area contributed by atoms with Gasteiger partial charge in [0.1, 0.15) is 36.1 Å². The molecule has 0 aliphatic carbocycles. The number of fused-ring (bicyclic) bond motifs is 1. The average Bonchev–Trinajstić information content (AvgIpc) is 3.33. The predicted octanol–water partition coefficient (Wildman–Crippen LogP) is 3.11. The van der Waals surface area contributed by atoms with Crippen LogP contribution in [0.3, 0.4) is 0 Å². The zero-order valence-corrected chi connectivity index (χ0v) is 17.6. The maximum atomic E-state index is 10.6. The lowest BCUT2D eigenvalue weighted by molar-refractivity contribution is -0.0508. The van der Waals surface area contributed by atoms with Crippen LogP contribution in [0.15, 0.2) is 67.1 Å². The molecule has 2 aromatic heterocycles. The number of nitrogens with zero attached hydrogens (tertiary/aromatic N) is 3. The van der Waals surface area contributed by atoms with E-state index >= 15 is 0 Å². The van der Waals surface area contributed by atoms with Crippen LogP contribution in [-0.2, 0) is 4.74 Å². The second-order valence-electron chi connectivity index (χ2n) is 7.60. The van der Waals surface area contributed by atoms with Gasteiger partial charge in [0.2, 0.25) is 0 Å². The number of nitrogens with one attached hydrogen (secondary N) is 1. The molecule has 4 atom stereocenters. The smallest absolute Gasteiger partial charge is 0.164 e. The molecular formula is C23H21ClN4O4. The van der Waals surface area contributed by atoms with Crippen LogP contribution in [0, 0.1) is 0 Å². The number of hydrogen-bond acceptors (Lipinski definition) is 7. The van der Waals surface area contributed by atoms with Gasteiger partial charge in [-0.2, -0.15) is 0 Å². The van der Waals surface area contributed by atoms with E-state index in [4.69, 9.17) is 16.3 Å². The second-order valence-corrected chi connectivity index (χ2v) is 8.03. The normalized spacial score (nSPS) is 23.0. The fourth-order valence-electron chi connectivity index (χ4n) is 3.99. The van der Waals surface area contributed by atoms with E-state index < -0.39 is 31.1 Å². The monoisotopic (exact) mass is 452 g/mol. The summed E-state index contributed by atoms with van der Waals surface area (Å²) < 4.78 is 7.43. The standard InChI is InChI=1S/C23H21ClN4O4/c24-14-8-6-13(7-9-14)16-10-28(23-20(31)19(30)17(11-29)32-23)22-18(16)21(25-12-26-22)27-15-4-2-1-3-5-15/h1-10,12,17,19-20,23,29-31H,11H2,(H,25,26,27)/t17-,19+,20+,23-/m1/s1. The zero-order chi connectivity index (χ0) is 22.2. The maximum Gasteiger partial charge on any atom is 0.164 e. The summed E-state index contributed by atoms with van der Waals surface area (Å²) in [6.07, 6.45) is -1.04. The summed E-state index contributed by atoms with van der Waals surface area (Å²) in [4.78, 5) is 8.91. The van der Waals surface area contributed by atoms with Crippen LogP contribution in [0.25, 0.3) is 22.2 Å². The topological polar surface area (TPSA) is 113 Å². The Morgan fingerprint density at radius 3 is 2.44 bits per heavy atom. The van der Waals surface area contributed by atoms with E-state index in [-0.39, 0.29) is 0 Å². The molecule has 0 amide bonds. The van der Waals surface area contributed by atoms with Gasteiger partial charge in [0.05, 0.1) is 12.0 Å². The van der Waals surface area contributed by atoms with E-state index in [1.54, 1.807) is 22.9 Å². The van der Waals surface area contributed by atoms with Gasteiger partial charge in [0, 0.05) is 22.5 Å². The van der Waals surface area contributed by atoms with Crippen molar-refractivity contribution in [1.82, 2.24) is 14.5 Å². The summed E-state index contributed by atoms with van der Waals surface area (Å²) in [7, 11) is 0. The summed E-state index contributed by atoms with van der Waals surface area (Å²) in [6, 6.07) is 17.0. The molecule has 1 fully saturated rings. The van der Waals surface area contributed by atoms with Gasteiger partial charge < -0.3 is 29.9 Å². The first kappa shape index (κ1) is 20.9. The molecular weight excluding hydrogens is 432 g/mol. The Balaban J connectivity index is 1.69. The molecule has 4 N–H and O–H groups in total. The van der Waals surface area contributed by atoms with Gasteiger partial charge in [0.25, 0.3) is 0 Å². The Morgan fingerprint density at radius 1 is 1.00 bits per heavy atom. The first-order chi connectivity index (χ1) is 15.6. The van der Waals surface area contributed by atoms with Crippen LogP contribution in [0.4, 0.5) is 11.5 Å². The number of hydrogen-bond donors (Lipinski definition) is 4. The number of para-hydroxylation sites is 1. The van der Waals surface area contributed by atoms with Gasteiger partial charge in [-0.15, -0.1) is 0 Å². The van der Waals surface area contributed by atoms with Crippen molar-refractivity contribution in [2.24, 2.45) is 0 Å². The predicted molar refractivity (Wildman–Crippen MR) is 121 cm³/mol. The van der Waals surface area contributed by atoms with E-state index in [9.17, 15) is 15.3 Å². The van der Waals surface area contributed by atoms with Crippen LogP contribution in [0.5, 0.6) is 0 Å². The van der Waals surface area contributed by atoms with Gasteiger partial charge >= 0.3 is 0 Å². The lowest BCUT2D eigenvalue weighted by Gasteiger charge is -2.17. The largest absolute Gasteiger partial charge is 0.394 e. The molecule has 0 radical (unpaired) electrons. The Labute approximate surface area is 188 Å². The van der Waals surface area contributed by atoms with Gasteiger partial charge in [-0.3, -0.25) is 0 Å². The number of aliphatic hydroxyl groups is 3. The van der Waals surface area contributed by atoms with E-state index in [0.29, 0.717) is 16.5 Å². The molecule has 0 bridgehead atoms. The highest BCUT2D eigenvalue weighted by atomic mass is 35.5. The lowest BCUT2D eigenvalue weighted by atomic mass is 10.1. The van der Waals surface area contributed by atoms with E-state index in [1.807, 2.05) is 42.5 Å². The quantitative estimate of drug-likeness (QED) is 0.368. The molecule has 0 saturated carbocycles. The van der Waals surface area contributed by atoms with Crippen LogP contribution < -0.4 is 5.32 Å². The number of aliphatic hydroxyl groups excluding tert-OH is 3. The number of halogens is 1. The van der Waals surface area contributed by atoms with Crippen LogP contribution >= 0.6 is 11.6 Å². The van der Waals surface area contributed by atoms with Crippen LogP contribution in [-0.4, -0.2) is 54.8 Å². The first-order valence-corrected chi connectivity index (χ1v) is 10.5. The number of ether oxygens (including phenoxy) is 1. The summed E-state index contributed by atoms with van der Waals surface area (Å²) in [5.41, 5.74) is 3.04. The Morgan fingerprint density at radius 2 is 1.75 bits per heavy atom. The molecule has 2 aromatic carbocycles. The van der Waals surface area contributed by atoms with Crippen LogP contribution in [0.2, 0.25) is 5.02 Å². The molecule has 1 saturated heterocycles. The summed E-state index contributed by atoms with van der Waals surface area (Å²) in [5, 5.41) is 35.0. The van der Waals surface area contributed by atoms with Crippen molar-refractivity contribution in [3.63, 3.8) is 0 Å². The maximum absolute atomic E-state index is 10.6. The van der Waals surface area contributed by atoms with E-state index in [1.165, 1.54) is 6.33 Å². The molecule has 164 valence electrons. The summed E-state index contributed by atoms with van der Waals surface area (Å²) in [5.74, 6) is 0.580. The molecule has 9 heteroatoms. The highest BCUT2D eigenvalue weighted by Crippen LogP contribution is 2.39. The van der Waals surface area contributed by atoms with Crippen molar-refractivity contribution in [2.45, 2.75) is 24.5 Å². The zero-order valence-electron chi connectivity index (χ0n) is 16.8. The van der Waals surface area contributed by atoms with Crippen LogP contribution in [0.1, 0.15) is 6.23 Å². The molecule has 32 heavy (non-hydrogen) atoms. The fraction of sp³-hybridized carbons (Fsp3) is 0.217. The van der Waals surface area contributed by atoms with Crippen molar-refractivity contribution in [2.75, 3.05) is 11.9 Å². The number of benzene rings is 2. The number of rotatable bonds is 5. The molecule has 4 aromatic rings. The van der Waals surface area contributed by atoms with Crippen molar-refractivity contribution < 1.29 is 20.1 Å². The Hall–Kier alpha value is -3.01. The SMILES string of the molecule is OC[C@H]1O[C@@H](n2cc(-c3ccc(Cl)cc3)c3c(Nc4ccccc4)ncnc32)[C@@H](O)[C@H]1O. The average molecular weight is 453 g/mol. The minimum absolute atomic E-state index is 0.409. The lowest BCUT2D eigenvalue weighted by Crippen LogP contribution is -2.33. The van der Waals surface area contributed by atoms with Gasteiger partial charge in [-0.1, -0.05) is 41.9 Å². The number of aromatic nitrogens is 3. The molecule has 3 heterocycles. The third-order valence-electron chi connectivity index (χ3n) is 5.59. The Kier molecular flexibility index (Phi) is 5.54. The molecule has 5 rings (SSSR count). The van der Waals surface area contributed by atoms with Crippen molar-refractivity contribution >= 4 is 34.1 Å². The molecule has 1 aliphatic rings. The molecule has 8 nitrogen and oxygen atoms in total. The highest BCUT2D eigenvalue weighted by Gasteiger charge is 2.44. The first-order valence-electron chi connectivity index (χ1n) is 10.1. The van der Waals surface area contributed by atoms with E-state index in [0.717, 1.165) is 22.2 Å². The van der Waals surface area contributed by atoms with Gasteiger partial charge in [0.15, 0.2) is 6.23 Å². The van der Waals surface area contributed by atoms with E-state index in [2.05, 4.69) is 15.3 Å². The van der Waals surface area contributed by atoms with Crippen molar-refractivity contribution in [1.29, 1.82) is 0 Å². The number of anilines is 2. The Bertz CT molecular complexity index is 1230.